The molecule has 5 heteroatoms. The van der Waals surface area contributed by atoms with Crippen LogP contribution in [0.25, 0.3) is 0 Å². The standard InChI is InChI=1S/C10H14O4S/c1-6(11)7(2)15-5-8-3-4-14-9(8)10(12)13/h3-4,6-7,11H,5H2,1-2H3,(H,12,13). The lowest BCUT2D eigenvalue weighted by atomic mass is 10.3. The van der Waals surface area contributed by atoms with Crippen LogP contribution in [-0.2, 0) is 5.75 Å². The average Bonchev–Trinajstić information content (AvgIpc) is 2.61. The molecule has 0 aliphatic rings. The summed E-state index contributed by atoms with van der Waals surface area (Å²) in [4.78, 5) is 10.7. The van der Waals surface area contributed by atoms with Crippen LogP contribution in [0.4, 0.5) is 0 Å². The van der Waals surface area contributed by atoms with Gasteiger partial charge in [0.1, 0.15) is 0 Å². The van der Waals surface area contributed by atoms with E-state index in [2.05, 4.69) is 0 Å². The lowest BCUT2D eigenvalue weighted by molar-refractivity contribution is 0.0661. The Labute approximate surface area is 92.3 Å². The van der Waals surface area contributed by atoms with Crippen LogP contribution in [0.5, 0.6) is 0 Å². The summed E-state index contributed by atoms with van der Waals surface area (Å²) in [5.41, 5.74) is 0.653. The van der Waals surface area contributed by atoms with Crippen molar-refractivity contribution in [1.82, 2.24) is 0 Å². The number of carboxylic acids is 1. The third-order valence-corrected chi connectivity index (χ3v) is 3.52. The summed E-state index contributed by atoms with van der Waals surface area (Å²) < 4.78 is 4.84. The number of carboxylic acid groups (broad SMARTS) is 1. The lowest BCUT2D eigenvalue weighted by Gasteiger charge is -2.13. The van der Waals surface area contributed by atoms with Crippen LogP contribution in [0.1, 0.15) is 30.0 Å². The van der Waals surface area contributed by atoms with E-state index in [4.69, 9.17) is 9.52 Å². The van der Waals surface area contributed by atoms with Crippen LogP contribution in [-0.4, -0.2) is 27.5 Å². The third-order valence-electron chi connectivity index (χ3n) is 2.12. The second-order valence-corrected chi connectivity index (χ2v) is 4.70. The lowest BCUT2D eigenvalue weighted by Crippen LogP contribution is -2.15. The van der Waals surface area contributed by atoms with E-state index in [9.17, 15) is 9.90 Å². The summed E-state index contributed by atoms with van der Waals surface area (Å²) in [6.45, 7) is 3.61. The van der Waals surface area contributed by atoms with E-state index in [0.717, 1.165) is 0 Å². The van der Waals surface area contributed by atoms with Crippen LogP contribution in [0.3, 0.4) is 0 Å². The molecule has 0 spiro atoms. The highest BCUT2D eigenvalue weighted by atomic mass is 32.2. The van der Waals surface area contributed by atoms with Gasteiger partial charge in [-0.1, -0.05) is 6.92 Å². The number of furan rings is 1. The Hall–Kier alpha value is -0.940. The first-order valence-electron chi connectivity index (χ1n) is 4.61. The zero-order valence-corrected chi connectivity index (χ0v) is 9.45. The molecule has 2 N–H and O–H groups in total. The first kappa shape index (κ1) is 12.1. The molecule has 0 aliphatic heterocycles. The van der Waals surface area contributed by atoms with Crippen molar-refractivity contribution in [3.05, 3.63) is 23.7 Å². The van der Waals surface area contributed by atoms with E-state index in [-0.39, 0.29) is 11.0 Å². The second-order valence-electron chi connectivity index (χ2n) is 3.34. The van der Waals surface area contributed by atoms with E-state index in [1.54, 1.807) is 13.0 Å². The summed E-state index contributed by atoms with van der Waals surface area (Å²) in [5, 5.41) is 18.1. The summed E-state index contributed by atoms with van der Waals surface area (Å²) in [6, 6.07) is 1.64. The first-order valence-corrected chi connectivity index (χ1v) is 5.66. The maximum atomic E-state index is 10.7. The highest BCUT2D eigenvalue weighted by molar-refractivity contribution is 7.99. The predicted octanol–water partition coefficient (Wildman–Crippen LogP) is 1.98. The van der Waals surface area contributed by atoms with E-state index in [1.165, 1.54) is 18.0 Å². The number of aliphatic hydroxyl groups is 1. The molecule has 0 fully saturated rings. The fourth-order valence-corrected chi connectivity index (χ4v) is 1.95. The van der Waals surface area contributed by atoms with Crippen molar-refractivity contribution >= 4 is 17.7 Å². The molecule has 2 atom stereocenters. The maximum absolute atomic E-state index is 10.7. The second kappa shape index (κ2) is 5.23. The van der Waals surface area contributed by atoms with Gasteiger partial charge in [-0.25, -0.2) is 4.79 Å². The summed E-state index contributed by atoms with van der Waals surface area (Å²) in [6.07, 6.45) is 0.960. The van der Waals surface area contributed by atoms with Crippen LogP contribution in [0, 0.1) is 0 Å². The molecule has 1 heterocycles. The summed E-state index contributed by atoms with van der Waals surface area (Å²) >= 11 is 1.50. The van der Waals surface area contributed by atoms with E-state index < -0.39 is 12.1 Å². The molecule has 1 aromatic rings. The Balaban J connectivity index is 2.58. The number of aliphatic hydroxyl groups excluding tert-OH is 1. The monoisotopic (exact) mass is 230 g/mol. The van der Waals surface area contributed by atoms with Crippen molar-refractivity contribution in [2.24, 2.45) is 0 Å². The molecule has 1 aromatic heterocycles. The zero-order chi connectivity index (χ0) is 11.4. The summed E-state index contributed by atoms with van der Waals surface area (Å²) in [7, 11) is 0. The third kappa shape index (κ3) is 3.28. The number of carbonyl (C=O) groups is 1. The number of thioether (sulfide) groups is 1. The molecule has 84 valence electrons. The predicted molar refractivity (Wildman–Crippen MR) is 58.1 cm³/mol. The number of hydrogen-bond donors (Lipinski definition) is 2. The molecular weight excluding hydrogens is 216 g/mol. The summed E-state index contributed by atoms with van der Waals surface area (Å²) in [5.74, 6) is -0.537. The van der Waals surface area contributed by atoms with Crippen molar-refractivity contribution in [3.63, 3.8) is 0 Å². The molecule has 0 saturated heterocycles. The molecule has 0 amide bonds. The molecule has 0 radical (unpaired) electrons. The van der Waals surface area contributed by atoms with E-state index >= 15 is 0 Å². The minimum atomic E-state index is -1.06. The molecule has 0 saturated carbocycles. The number of aromatic carboxylic acids is 1. The normalized spacial score (nSPS) is 14.9. The van der Waals surface area contributed by atoms with Crippen molar-refractivity contribution < 1.29 is 19.4 Å². The van der Waals surface area contributed by atoms with Gasteiger partial charge in [-0.05, 0) is 13.0 Å². The Morgan fingerprint density at radius 1 is 1.60 bits per heavy atom. The minimum Gasteiger partial charge on any atom is -0.475 e. The van der Waals surface area contributed by atoms with Crippen LogP contribution in [0.15, 0.2) is 16.7 Å². The highest BCUT2D eigenvalue weighted by Crippen LogP contribution is 2.23. The largest absolute Gasteiger partial charge is 0.475 e. The van der Waals surface area contributed by atoms with Gasteiger partial charge in [0.25, 0.3) is 0 Å². The van der Waals surface area contributed by atoms with Crippen molar-refractivity contribution in [2.75, 3.05) is 0 Å². The molecule has 0 bridgehead atoms. The van der Waals surface area contributed by atoms with Gasteiger partial charge in [-0.2, -0.15) is 11.8 Å². The van der Waals surface area contributed by atoms with E-state index in [1.807, 2.05) is 6.92 Å². The van der Waals surface area contributed by atoms with Gasteiger partial charge in [0.2, 0.25) is 5.76 Å². The van der Waals surface area contributed by atoms with Gasteiger partial charge in [-0.3, -0.25) is 0 Å². The van der Waals surface area contributed by atoms with Crippen LogP contribution >= 0.6 is 11.8 Å². The first-order chi connectivity index (χ1) is 7.02. The Morgan fingerprint density at radius 3 is 2.80 bits per heavy atom. The maximum Gasteiger partial charge on any atom is 0.372 e. The Bertz CT molecular complexity index is 332. The van der Waals surface area contributed by atoms with Gasteiger partial charge >= 0.3 is 5.97 Å². The number of rotatable bonds is 5. The molecule has 4 nitrogen and oxygen atoms in total. The Kier molecular flexibility index (Phi) is 4.23. The molecular formula is C10H14O4S. The van der Waals surface area contributed by atoms with Crippen molar-refractivity contribution in [2.45, 2.75) is 31.0 Å². The fraction of sp³-hybridized carbons (Fsp3) is 0.500. The van der Waals surface area contributed by atoms with Crippen LogP contribution < -0.4 is 0 Å². The van der Waals surface area contributed by atoms with Crippen molar-refractivity contribution in [3.8, 4) is 0 Å². The van der Waals surface area contributed by atoms with E-state index in [0.29, 0.717) is 11.3 Å². The number of hydrogen-bond acceptors (Lipinski definition) is 4. The molecule has 2 unspecified atom stereocenters. The van der Waals surface area contributed by atoms with Gasteiger partial charge in [-0.15, -0.1) is 0 Å². The molecule has 1 rings (SSSR count). The minimum absolute atomic E-state index is 0.0136. The fourth-order valence-electron chi connectivity index (χ4n) is 0.997. The smallest absolute Gasteiger partial charge is 0.372 e. The molecule has 0 aromatic carbocycles. The zero-order valence-electron chi connectivity index (χ0n) is 8.64. The Morgan fingerprint density at radius 2 is 2.27 bits per heavy atom. The van der Waals surface area contributed by atoms with Crippen LogP contribution in [0.2, 0.25) is 0 Å². The topological polar surface area (TPSA) is 70.7 Å². The van der Waals surface area contributed by atoms with Gasteiger partial charge in [0, 0.05) is 16.6 Å². The highest BCUT2D eigenvalue weighted by Gasteiger charge is 2.16. The van der Waals surface area contributed by atoms with Gasteiger partial charge < -0.3 is 14.6 Å². The quantitative estimate of drug-likeness (QED) is 0.809. The average molecular weight is 230 g/mol. The van der Waals surface area contributed by atoms with Gasteiger partial charge in [0.05, 0.1) is 12.4 Å². The van der Waals surface area contributed by atoms with Crippen molar-refractivity contribution in [1.29, 1.82) is 0 Å². The molecule has 15 heavy (non-hydrogen) atoms. The SMILES string of the molecule is CC(O)C(C)SCc1ccoc1C(=O)O. The molecule has 0 aliphatic carbocycles. The van der Waals surface area contributed by atoms with Gasteiger partial charge in [0.15, 0.2) is 0 Å².